The lowest BCUT2D eigenvalue weighted by Crippen LogP contribution is -2.14. The normalized spacial score (nSPS) is 11.2. The second kappa shape index (κ2) is 4.29. The molecule has 4 nitrogen and oxygen atoms in total. The van der Waals surface area contributed by atoms with Crippen molar-refractivity contribution in [3.8, 4) is 0 Å². The van der Waals surface area contributed by atoms with Crippen molar-refractivity contribution in [1.29, 1.82) is 0 Å². The number of hydrogen-bond acceptors (Lipinski definition) is 4. The molecule has 2 aromatic heterocycles. The fraction of sp³-hybridized carbons (Fsp3) is 0.0833. The van der Waals surface area contributed by atoms with Crippen LogP contribution in [0.4, 0.5) is 5.69 Å². The minimum absolute atomic E-state index is 0.361. The Morgan fingerprint density at radius 1 is 1.33 bits per heavy atom. The molecule has 2 heterocycles. The highest BCUT2D eigenvalue weighted by atomic mass is 79.9. The number of fused-ring (bicyclic) bond motifs is 1. The number of hydrogen-bond donors (Lipinski definition) is 1. The van der Waals surface area contributed by atoms with Crippen LogP contribution in [0.5, 0.6) is 0 Å². The molecule has 0 aliphatic heterocycles. The molecule has 0 fully saturated rings. The van der Waals surface area contributed by atoms with Crippen LogP contribution in [-0.2, 0) is 6.54 Å². The van der Waals surface area contributed by atoms with Crippen molar-refractivity contribution in [3.05, 3.63) is 49.5 Å². The Balaban J connectivity index is 2.13. The Morgan fingerprint density at radius 2 is 2.17 bits per heavy atom. The van der Waals surface area contributed by atoms with Gasteiger partial charge in [-0.25, -0.2) is 4.79 Å². The number of thiophene rings is 1. The third-order valence-electron chi connectivity index (χ3n) is 2.63. The molecule has 0 bridgehead atoms. The van der Waals surface area contributed by atoms with Gasteiger partial charge in [0.1, 0.15) is 0 Å². The molecule has 1 aromatic carbocycles. The summed E-state index contributed by atoms with van der Waals surface area (Å²) in [5.41, 5.74) is 7.64. The van der Waals surface area contributed by atoms with E-state index >= 15 is 0 Å². The third-order valence-corrected chi connectivity index (χ3v) is 4.24. The molecule has 0 saturated carbocycles. The highest BCUT2D eigenvalue weighted by Crippen LogP contribution is 2.24. The quantitative estimate of drug-likeness (QED) is 0.737. The summed E-state index contributed by atoms with van der Waals surface area (Å²) in [6.07, 6.45) is 0. The molecule has 0 aliphatic carbocycles. The topological polar surface area (TPSA) is 61.2 Å². The second-order valence-electron chi connectivity index (χ2n) is 3.89. The first-order chi connectivity index (χ1) is 8.63. The first-order valence-corrected chi connectivity index (χ1v) is 6.87. The third kappa shape index (κ3) is 1.97. The van der Waals surface area contributed by atoms with E-state index < -0.39 is 0 Å². The van der Waals surface area contributed by atoms with Gasteiger partial charge in [-0.05, 0) is 46.3 Å². The van der Waals surface area contributed by atoms with Crippen LogP contribution in [-0.4, -0.2) is 4.57 Å². The van der Waals surface area contributed by atoms with E-state index in [1.54, 1.807) is 34.1 Å². The number of nitrogens with zero attached hydrogens (tertiary/aromatic N) is 1. The molecule has 0 radical (unpaired) electrons. The van der Waals surface area contributed by atoms with E-state index in [1.165, 1.54) is 0 Å². The van der Waals surface area contributed by atoms with Crippen molar-refractivity contribution in [2.24, 2.45) is 0 Å². The van der Waals surface area contributed by atoms with Gasteiger partial charge in [-0.15, -0.1) is 11.3 Å². The van der Waals surface area contributed by atoms with Crippen molar-refractivity contribution in [3.63, 3.8) is 0 Å². The van der Waals surface area contributed by atoms with E-state index in [1.807, 2.05) is 12.1 Å². The van der Waals surface area contributed by atoms with Crippen LogP contribution < -0.4 is 11.5 Å². The molecular formula is C12H9BrN2O2S. The fourth-order valence-electron chi connectivity index (χ4n) is 1.82. The Kier molecular flexibility index (Phi) is 2.76. The van der Waals surface area contributed by atoms with E-state index in [-0.39, 0.29) is 5.76 Å². The van der Waals surface area contributed by atoms with E-state index in [0.717, 1.165) is 14.2 Å². The van der Waals surface area contributed by atoms with Gasteiger partial charge in [-0.2, -0.15) is 0 Å². The number of nitrogens with two attached hydrogens (primary N) is 1. The molecule has 0 amide bonds. The summed E-state index contributed by atoms with van der Waals surface area (Å²) in [5.74, 6) is -0.361. The number of halogens is 1. The van der Waals surface area contributed by atoms with Crippen molar-refractivity contribution >= 4 is 44.1 Å². The molecule has 0 atom stereocenters. The van der Waals surface area contributed by atoms with Gasteiger partial charge in [0.2, 0.25) is 0 Å². The zero-order valence-corrected chi connectivity index (χ0v) is 11.6. The maximum Gasteiger partial charge on any atom is 0.420 e. The molecule has 0 spiro atoms. The highest BCUT2D eigenvalue weighted by molar-refractivity contribution is 9.11. The zero-order valence-electron chi connectivity index (χ0n) is 9.22. The minimum Gasteiger partial charge on any atom is -0.408 e. The number of benzene rings is 1. The van der Waals surface area contributed by atoms with Crippen LogP contribution in [0.25, 0.3) is 11.1 Å². The number of rotatable bonds is 2. The second-order valence-corrected chi connectivity index (χ2v) is 6.43. The number of anilines is 1. The van der Waals surface area contributed by atoms with Gasteiger partial charge in [-0.3, -0.25) is 4.57 Å². The maximum atomic E-state index is 11.8. The predicted octanol–water partition coefficient (Wildman–Crippen LogP) is 3.05. The van der Waals surface area contributed by atoms with E-state index in [9.17, 15) is 4.79 Å². The van der Waals surface area contributed by atoms with Crippen molar-refractivity contribution in [1.82, 2.24) is 4.57 Å². The SMILES string of the molecule is Nc1ccc2oc(=O)n(Cc3ccc(Br)s3)c2c1. The number of oxazole rings is 1. The maximum absolute atomic E-state index is 11.8. The van der Waals surface area contributed by atoms with Crippen LogP contribution in [0, 0.1) is 0 Å². The molecule has 3 rings (SSSR count). The fourth-order valence-corrected chi connectivity index (χ4v) is 3.29. The Bertz CT molecular complexity index is 772. The average molecular weight is 325 g/mol. The molecule has 3 aromatic rings. The van der Waals surface area contributed by atoms with Crippen LogP contribution in [0.2, 0.25) is 0 Å². The average Bonchev–Trinajstić information content (AvgIpc) is 2.86. The monoisotopic (exact) mass is 324 g/mol. The summed E-state index contributed by atoms with van der Waals surface area (Å²) in [5, 5.41) is 0. The van der Waals surface area contributed by atoms with E-state index in [0.29, 0.717) is 17.8 Å². The molecule has 0 saturated heterocycles. The molecule has 2 N–H and O–H groups in total. The van der Waals surface area contributed by atoms with Gasteiger partial charge in [0.05, 0.1) is 15.8 Å². The van der Waals surface area contributed by atoms with Gasteiger partial charge >= 0.3 is 5.76 Å². The van der Waals surface area contributed by atoms with E-state index in [4.69, 9.17) is 10.2 Å². The molecule has 18 heavy (non-hydrogen) atoms. The Labute approximate surface area is 115 Å². The molecular weight excluding hydrogens is 316 g/mol. The summed E-state index contributed by atoms with van der Waals surface area (Å²) < 4.78 is 7.80. The predicted molar refractivity (Wildman–Crippen MR) is 76.0 cm³/mol. The van der Waals surface area contributed by atoms with Crippen molar-refractivity contribution in [2.75, 3.05) is 5.73 Å². The lowest BCUT2D eigenvalue weighted by Gasteiger charge is -2.00. The van der Waals surface area contributed by atoms with Crippen molar-refractivity contribution < 1.29 is 4.42 Å². The Hall–Kier alpha value is -1.53. The standard InChI is InChI=1S/C12H9BrN2O2S/c13-11-4-2-8(18-11)6-15-9-5-7(14)1-3-10(9)17-12(15)16/h1-5H,6,14H2. The Morgan fingerprint density at radius 3 is 2.89 bits per heavy atom. The summed E-state index contributed by atoms with van der Waals surface area (Å²) in [7, 11) is 0. The van der Waals surface area contributed by atoms with Crippen LogP contribution in [0.3, 0.4) is 0 Å². The largest absolute Gasteiger partial charge is 0.420 e. The van der Waals surface area contributed by atoms with Gasteiger partial charge in [-0.1, -0.05) is 0 Å². The van der Waals surface area contributed by atoms with Crippen LogP contribution >= 0.6 is 27.3 Å². The first kappa shape index (κ1) is 11.6. The zero-order chi connectivity index (χ0) is 12.7. The van der Waals surface area contributed by atoms with Gasteiger partial charge in [0.15, 0.2) is 5.58 Å². The molecule has 0 aliphatic rings. The van der Waals surface area contributed by atoms with Gasteiger partial charge < -0.3 is 10.2 Å². The summed E-state index contributed by atoms with van der Waals surface area (Å²) in [4.78, 5) is 12.9. The summed E-state index contributed by atoms with van der Waals surface area (Å²) >= 11 is 5.00. The lowest BCUT2D eigenvalue weighted by atomic mass is 10.3. The van der Waals surface area contributed by atoms with Crippen molar-refractivity contribution in [2.45, 2.75) is 6.54 Å². The first-order valence-electron chi connectivity index (χ1n) is 5.26. The number of aromatic nitrogens is 1. The highest BCUT2D eigenvalue weighted by Gasteiger charge is 2.10. The van der Waals surface area contributed by atoms with E-state index in [2.05, 4.69) is 15.9 Å². The molecule has 6 heteroatoms. The summed E-state index contributed by atoms with van der Waals surface area (Å²) in [6.45, 7) is 0.492. The summed E-state index contributed by atoms with van der Waals surface area (Å²) in [6, 6.07) is 9.13. The lowest BCUT2D eigenvalue weighted by molar-refractivity contribution is 0.518. The smallest absolute Gasteiger partial charge is 0.408 e. The minimum atomic E-state index is -0.361. The van der Waals surface area contributed by atoms with Gasteiger partial charge in [0.25, 0.3) is 0 Å². The van der Waals surface area contributed by atoms with Crippen LogP contribution in [0.15, 0.2) is 43.3 Å². The molecule has 0 unspecified atom stereocenters. The number of nitrogen functional groups attached to an aromatic ring is 1. The van der Waals surface area contributed by atoms with Gasteiger partial charge in [0, 0.05) is 10.6 Å². The molecule has 92 valence electrons. The van der Waals surface area contributed by atoms with Crippen LogP contribution in [0.1, 0.15) is 4.88 Å².